The lowest BCUT2D eigenvalue weighted by molar-refractivity contribution is 0.155. The molecule has 2 rings (SSSR count). The van der Waals surface area contributed by atoms with Crippen molar-refractivity contribution in [1.29, 1.82) is 0 Å². The van der Waals surface area contributed by atoms with Crippen LogP contribution in [0.4, 0.5) is 0 Å². The maximum Gasteiger partial charge on any atom is 0.0759 e. The van der Waals surface area contributed by atoms with Crippen molar-refractivity contribution in [3.05, 3.63) is 64.4 Å². The molecule has 1 atom stereocenters. The van der Waals surface area contributed by atoms with Gasteiger partial charge in [-0.2, -0.15) is 5.48 Å². The molecule has 0 saturated heterocycles. The average molecular weight is 231 g/mol. The Morgan fingerprint density at radius 2 is 2.38 bits per heavy atom. The molecular formula is C13H13NOS. The Morgan fingerprint density at radius 3 is 3.00 bits per heavy atom. The summed E-state index contributed by atoms with van der Waals surface area (Å²) in [6, 6.07) is 3.89. The van der Waals surface area contributed by atoms with E-state index < -0.39 is 0 Å². The number of allylic oxidation sites excluding steroid dienone is 3. The van der Waals surface area contributed by atoms with Gasteiger partial charge in [-0.15, -0.1) is 11.3 Å². The van der Waals surface area contributed by atoms with Gasteiger partial charge >= 0.3 is 0 Å². The first-order valence-electron chi connectivity index (χ1n) is 5.01. The molecular weight excluding hydrogens is 218 g/mol. The van der Waals surface area contributed by atoms with Gasteiger partial charge in [0.15, 0.2) is 0 Å². The van der Waals surface area contributed by atoms with Gasteiger partial charge in [-0.1, -0.05) is 36.9 Å². The summed E-state index contributed by atoms with van der Waals surface area (Å²) < 4.78 is 0. The van der Waals surface area contributed by atoms with E-state index in [-0.39, 0.29) is 6.04 Å². The fourth-order valence-corrected chi connectivity index (χ4v) is 2.31. The second-order valence-corrected chi connectivity index (χ2v) is 4.41. The van der Waals surface area contributed by atoms with Crippen LogP contribution in [0, 0.1) is 0 Å². The van der Waals surface area contributed by atoms with Crippen LogP contribution < -0.4 is 5.48 Å². The number of hydrogen-bond acceptors (Lipinski definition) is 3. The predicted molar refractivity (Wildman–Crippen MR) is 68.4 cm³/mol. The Kier molecular flexibility index (Phi) is 3.51. The number of thiophene rings is 1. The van der Waals surface area contributed by atoms with E-state index in [9.17, 15) is 0 Å². The summed E-state index contributed by atoms with van der Waals surface area (Å²) in [5.41, 5.74) is 4.35. The molecule has 2 nitrogen and oxygen atoms in total. The molecule has 0 radical (unpaired) electrons. The summed E-state index contributed by atoms with van der Waals surface area (Å²) in [4.78, 5) is 1.17. The largest absolute Gasteiger partial charge is 0.316 e. The fourth-order valence-electron chi connectivity index (χ4n) is 1.65. The molecule has 1 unspecified atom stereocenters. The Morgan fingerprint density at radius 1 is 1.50 bits per heavy atom. The van der Waals surface area contributed by atoms with E-state index in [2.05, 4.69) is 18.1 Å². The van der Waals surface area contributed by atoms with Gasteiger partial charge in [0.05, 0.1) is 6.04 Å². The molecule has 0 bridgehead atoms. The average Bonchev–Trinajstić information content (AvgIpc) is 2.82. The maximum absolute atomic E-state index is 9.10. The van der Waals surface area contributed by atoms with Crippen LogP contribution in [0.5, 0.6) is 0 Å². The molecule has 0 aromatic carbocycles. The molecule has 1 aliphatic carbocycles. The molecule has 1 aliphatic rings. The highest BCUT2D eigenvalue weighted by Gasteiger charge is 2.15. The number of hydroxylamine groups is 1. The van der Waals surface area contributed by atoms with Crippen molar-refractivity contribution in [2.24, 2.45) is 0 Å². The van der Waals surface area contributed by atoms with Crippen molar-refractivity contribution in [3.63, 3.8) is 0 Å². The lowest BCUT2D eigenvalue weighted by atomic mass is 9.93. The van der Waals surface area contributed by atoms with E-state index in [1.807, 2.05) is 35.7 Å². The van der Waals surface area contributed by atoms with Crippen molar-refractivity contribution in [3.8, 4) is 0 Å². The van der Waals surface area contributed by atoms with Gasteiger partial charge in [-0.25, -0.2) is 0 Å². The zero-order valence-electron chi connectivity index (χ0n) is 8.76. The van der Waals surface area contributed by atoms with Crippen LogP contribution in [0.3, 0.4) is 0 Å². The van der Waals surface area contributed by atoms with Gasteiger partial charge in [0.25, 0.3) is 0 Å². The van der Waals surface area contributed by atoms with E-state index in [0.717, 1.165) is 11.1 Å². The molecule has 0 amide bonds. The van der Waals surface area contributed by atoms with Crippen LogP contribution >= 0.6 is 11.3 Å². The Hall–Kier alpha value is -1.42. The van der Waals surface area contributed by atoms with Gasteiger partial charge in [-0.3, -0.25) is 0 Å². The normalized spacial score (nSPS) is 22.2. The SMILES string of the molecule is C=CC1=CC=CC(NO)C1=Cc1cccs1. The third-order valence-corrected chi connectivity index (χ3v) is 3.27. The van der Waals surface area contributed by atoms with Gasteiger partial charge in [-0.05, 0) is 28.7 Å². The monoisotopic (exact) mass is 231 g/mol. The highest BCUT2D eigenvalue weighted by Crippen LogP contribution is 2.25. The quantitative estimate of drug-likeness (QED) is 0.783. The maximum atomic E-state index is 9.10. The van der Waals surface area contributed by atoms with Crippen molar-refractivity contribution < 1.29 is 5.21 Å². The smallest absolute Gasteiger partial charge is 0.0759 e. The number of nitrogens with one attached hydrogen (secondary N) is 1. The zero-order valence-corrected chi connectivity index (χ0v) is 9.58. The van der Waals surface area contributed by atoms with Crippen molar-refractivity contribution in [1.82, 2.24) is 5.48 Å². The van der Waals surface area contributed by atoms with Crippen molar-refractivity contribution in [2.75, 3.05) is 0 Å². The van der Waals surface area contributed by atoms with Gasteiger partial charge in [0, 0.05) is 4.88 Å². The van der Waals surface area contributed by atoms with E-state index >= 15 is 0 Å². The van der Waals surface area contributed by atoms with Crippen LogP contribution in [0.1, 0.15) is 4.88 Å². The minimum Gasteiger partial charge on any atom is -0.316 e. The van der Waals surface area contributed by atoms with Crippen LogP contribution in [0.25, 0.3) is 6.08 Å². The first-order chi connectivity index (χ1) is 7.85. The Bertz CT molecular complexity index is 454. The Balaban J connectivity index is 2.38. The van der Waals surface area contributed by atoms with Crippen LogP contribution in [-0.2, 0) is 0 Å². The minimum absolute atomic E-state index is 0.167. The zero-order chi connectivity index (χ0) is 11.4. The summed E-state index contributed by atoms with van der Waals surface area (Å²) in [6.45, 7) is 3.78. The Labute approximate surface area is 98.9 Å². The number of rotatable bonds is 3. The fraction of sp³-hybridized carbons (Fsp3) is 0.0769. The molecule has 1 aromatic rings. The molecule has 1 heterocycles. The molecule has 0 fully saturated rings. The summed E-state index contributed by atoms with van der Waals surface area (Å²) in [6.07, 6.45) is 9.67. The third-order valence-electron chi connectivity index (χ3n) is 2.45. The van der Waals surface area contributed by atoms with Gasteiger partial charge in [0.1, 0.15) is 0 Å². The second-order valence-electron chi connectivity index (χ2n) is 3.43. The minimum atomic E-state index is -0.167. The second kappa shape index (κ2) is 5.07. The lowest BCUT2D eigenvalue weighted by Gasteiger charge is -2.19. The summed E-state index contributed by atoms with van der Waals surface area (Å²) in [5, 5.41) is 11.1. The molecule has 0 spiro atoms. The van der Waals surface area contributed by atoms with Gasteiger partial charge < -0.3 is 5.21 Å². The van der Waals surface area contributed by atoms with E-state index in [0.29, 0.717) is 0 Å². The number of hydrogen-bond donors (Lipinski definition) is 2. The molecule has 82 valence electrons. The summed E-state index contributed by atoms with van der Waals surface area (Å²) in [5.74, 6) is 0. The molecule has 2 N–H and O–H groups in total. The van der Waals surface area contributed by atoms with Crippen LogP contribution in [0.15, 0.2) is 59.5 Å². The van der Waals surface area contributed by atoms with Gasteiger partial charge in [0.2, 0.25) is 0 Å². The molecule has 1 aromatic heterocycles. The predicted octanol–water partition coefficient (Wildman–Crippen LogP) is 3.16. The van der Waals surface area contributed by atoms with Crippen LogP contribution in [0.2, 0.25) is 0 Å². The van der Waals surface area contributed by atoms with Crippen LogP contribution in [-0.4, -0.2) is 11.2 Å². The summed E-state index contributed by atoms with van der Waals surface area (Å²) in [7, 11) is 0. The third kappa shape index (κ3) is 2.22. The molecule has 3 heteroatoms. The first kappa shape index (κ1) is 11.1. The highest BCUT2D eigenvalue weighted by atomic mass is 32.1. The lowest BCUT2D eigenvalue weighted by Crippen LogP contribution is -2.27. The van der Waals surface area contributed by atoms with Crippen molar-refractivity contribution in [2.45, 2.75) is 6.04 Å². The van der Waals surface area contributed by atoms with E-state index in [1.54, 1.807) is 17.4 Å². The topological polar surface area (TPSA) is 32.3 Å². The van der Waals surface area contributed by atoms with E-state index in [4.69, 9.17) is 5.21 Å². The molecule has 16 heavy (non-hydrogen) atoms. The van der Waals surface area contributed by atoms with E-state index in [1.165, 1.54) is 4.88 Å². The molecule has 0 saturated carbocycles. The van der Waals surface area contributed by atoms with Crippen molar-refractivity contribution >= 4 is 17.4 Å². The summed E-state index contributed by atoms with van der Waals surface area (Å²) >= 11 is 1.67. The first-order valence-corrected chi connectivity index (χ1v) is 5.89. The highest BCUT2D eigenvalue weighted by molar-refractivity contribution is 7.10. The molecule has 0 aliphatic heterocycles. The standard InChI is InChI=1S/C13H13NOS/c1-2-10-5-3-7-13(14-15)12(10)9-11-6-4-8-16-11/h2-9,13-15H,1H2.